The van der Waals surface area contributed by atoms with Crippen LogP contribution in [0.1, 0.15) is 16.9 Å². The number of nitrogens with one attached hydrogen (secondary N) is 2. The second-order valence-electron chi connectivity index (χ2n) is 3.04. The molecule has 6 heteroatoms. The Balaban J connectivity index is 2.37. The van der Waals surface area contributed by atoms with E-state index in [1.54, 1.807) is 11.9 Å². The Morgan fingerprint density at radius 3 is 3.07 bits per heavy atom. The molecule has 2 N–H and O–H groups in total. The summed E-state index contributed by atoms with van der Waals surface area (Å²) in [5, 5.41) is 12.7. The van der Waals surface area contributed by atoms with Crippen LogP contribution in [-0.4, -0.2) is 53.4 Å². The Kier molecular flexibility index (Phi) is 4.06. The summed E-state index contributed by atoms with van der Waals surface area (Å²) < 4.78 is 0. The van der Waals surface area contributed by atoms with Gasteiger partial charge in [-0.25, -0.2) is 0 Å². The lowest BCUT2D eigenvalue weighted by atomic mass is 10.3. The molecule has 0 bridgehead atoms. The van der Waals surface area contributed by atoms with Crippen LogP contribution in [0.3, 0.4) is 0 Å². The van der Waals surface area contributed by atoms with E-state index in [-0.39, 0.29) is 5.91 Å². The Bertz CT molecular complexity index is 271. The lowest BCUT2D eigenvalue weighted by Gasteiger charge is -2.14. The van der Waals surface area contributed by atoms with Crippen molar-refractivity contribution in [3.63, 3.8) is 0 Å². The quantitative estimate of drug-likeness (QED) is 0.623. The van der Waals surface area contributed by atoms with Crippen molar-refractivity contribution in [2.45, 2.75) is 6.42 Å². The van der Waals surface area contributed by atoms with Gasteiger partial charge >= 0.3 is 0 Å². The molecule has 1 heterocycles. The second-order valence-corrected chi connectivity index (χ2v) is 3.04. The van der Waals surface area contributed by atoms with Crippen LogP contribution in [0.4, 0.5) is 0 Å². The minimum Gasteiger partial charge on any atom is -0.340 e. The summed E-state index contributed by atoms with van der Waals surface area (Å²) in [6.45, 7) is 1.61. The standard InChI is InChI=1S/C8H15N5O/c1-9-4-3-5-13(2)8(14)7-6-10-12-11-7/h6,9H,3-5H2,1-2H3,(H,10,11,12). The highest BCUT2D eigenvalue weighted by Crippen LogP contribution is 1.97. The zero-order valence-corrected chi connectivity index (χ0v) is 8.45. The number of carbonyl (C=O) groups excluding carboxylic acids is 1. The number of hydrogen-bond acceptors (Lipinski definition) is 4. The van der Waals surface area contributed by atoms with E-state index in [9.17, 15) is 4.79 Å². The van der Waals surface area contributed by atoms with E-state index in [0.29, 0.717) is 12.2 Å². The van der Waals surface area contributed by atoms with Gasteiger partial charge in [0.25, 0.3) is 5.91 Å². The minimum absolute atomic E-state index is 0.102. The number of carbonyl (C=O) groups is 1. The fourth-order valence-corrected chi connectivity index (χ4v) is 1.09. The van der Waals surface area contributed by atoms with Crippen molar-refractivity contribution in [2.24, 2.45) is 0 Å². The number of nitrogens with zero attached hydrogens (tertiary/aromatic N) is 3. The molecule has 0 spiro atoms. The van der Waals surface area contributed by atoms with Crippen LogP contribution >= 0.6 is 0 Å². The molecule has 1 aromatic rings. The van der Waals surface area contributed by atoms with Gasteiger partial charge < -0.3 is 10.2 Å². The number of rotatable bonds is 5. The molecule has 0 radical (unpaired) electrons. The average Bonchev–Trinajstić information content (AvgIpc) is 2.69. The highest BCUT2D eigenvalue weighted by Gasteiger charge is 2.13. The lowest BCUT2D eigenvalue weighted by molar-refractivity contribution is 0.0788. The molecule has 0 aliphatic heterocycles. The van der Waals surface area contributed by atoms with Crippen molar-refractivity contribution in [3.05, 3.63) is 11.9 Å². The maximum absolute atomic E-state index is 11.6. The molecule has 0 aliphatic rings. The molecule has 0 fully saturated rings. The smallest absolute Gasteiger partial charge is 0.275 e. The van der Waals surface area contributed by atoms with Crippen molar-refractivity contribution >= 4 is 5.91 Å². The van der Waals surface area contributed by atoms with Gasteiger partial charge in [-0.1, -0.05) is 0 Å². The largest absolute Gasteiger partial charge is 0.340 e. The van der Waals surface area contributed by atoms with Gasteiger partial charge in [-0.2, -0.15) is 15.4 Å². The molecular formula is C8H15N5O. The molecule has 0 unspecified atom stereocenters. The van der Waals surface area contributed by atoms with Gasteiger partial charge in [0.2, 0.25) is 0 Å². The van der Waals surface area contributed by atoms with Gasteiger partial charge in [-0.15, -0.1) is 0 Å². The Morgan fingerprint density at radius 2 is 2.50 bits per heavy atom. The molecule has 1 amide bonds. The first-order chi connectivity index (χ1) is 6.75. The maximum Gasteiger partial charge on any atom is 0.275 e. The predicted molar refractivity (Wildman–Crippen MR) is 51.9 cm³/mol. The van der Waals surface area contributed by atoms with Gasteiger partial charge in [0.1, 0.15) is 0 Å². The predicted octanol–water partition coefficient (Wildman–Crippen LogP) is -0.514. The van der Waals surface area contributed by atoms with E-state index in [2.05, 4.69) is 20.7 Å². The fourth-order valence-electron chi connectivity index (χ4n) is 1.09. The monoisotopic (exact) mass is 197 g/mol. The van der Waals surface area contributed by atoms with Crippen molar-refractivity contribution in [1.82, 2.24) is 25.6 Å². The Labute approximate surface area is 82.7 Å². The van der Waals surface area contributed by atoms with Gasteiger partial charge in [-0.3, -0.25) is 4.79 Å². The molecule has 6 nitrogen and oxygen atoms in total. The highest BCUT2D eigenvalue weighted by molar-refractivity contribution is 5.91. The van der Waals surface area contributed by atoms with Crippen LogP contribution in [-0.2, 0) is 0 Å². The summed E-state index contributed by atoms with van der Waals surface area (Å²) in [6.07, 6.45) is 2.35. The van der Waals surface area contributed by atoms with Crippen LogP contribution in [0.2, 0.25) is 0 Å². The summed E-state index contributed by atoms with van der Waals surface area (Å²) in [4.78, 5) is 13.2. The molecule has 1 aromatic heterocycles. The summed E-state index contributed by atoms with van der Waals surface area (Å²) in [6, 6.07) is 0. The van der Waals surface area contributed by atoms with Gasteiger partial charge in [0.05, 0.1) is 6.20 Å². The second kappa shape index (κ2) is 5.33. The SMILES string of the molecule is CNCCCN(C)C(=O)c1cn[nH]n1. The van der Waals surface area contributed by atoms with Gasteiger partial charge in [-0.05, 0) is 20.0 Å². The van der Waals surface area contributed by atoms with Crippen molar-refractivity contribution < 1.29 is 4.79 Å². The topological polar surface area (TPSA) is 73.9 Å². The molecule has 0 saturated carbocycles. The Morgan fingerprint density at radius 1 is 1.71 bits per heavy atom. The first kappa shape index (κ1) is 10.6. The third kappa shape index (κ3) is 2.81. The van der Waals surface area contributed by atoms with E-state index in [0.717, 1.165) is 13.0 Å². The van der Waals surface area contributed by atoms with E-state index in [1.807, 2.05) is 7.05 Å². The third-order valence-electron chi connectivity index (χ3n) is 1.90. The van der Waals surface area contributed by atoms with Gasteiger partial charge in [0, 0.05) is 13.6 Å². The van der Waals surface area contributed by atoms with Crippen molar-refractivity contribution in [2.75, 3.05) is 27.2 Å². The Hall–Kier alpha value is -1.43. The summed E-state index contributed by atoms with van der Waals surface area (Å²) in [5.74, 6) is -0.102. The summed E-state index contributed by atoms with van der Waals surface area (Å²) in [5.41, 5.74) is 0.358. The molecule has 0 atom stereocenters. The van der Waals surface area contributed by atoms with Crippen molar-refractivity contribution in [3.8, 4) is 0 Å². The van der Waals surface area contributed by atoms with E-state index < -0.39 is 0 Å². The van der Waals surface area contributed by atoms with Crippen molar-refractivity contribution in [1.29, 1.82) is 0 Å². The number of aromatic nitrogens is 3. The molecule has 1 rings (SSSR count). The lowest BCUT2D eigenvalue weighted by Crippen LogP contribution is -2.29. The normalized spacial score (nSPS) is 10.1. The van der Waals surface area contributed by atoms with Crippen LogP contribution in [0.5, 0.6) is 0 Å². The molecule has 14 heavy (non-hydrogen) atoms. The third-order valence-corrected chi connectivity index (χ3v) is 1.90. The number of amides is 1. The molecule has 0 aromatic carbocycles. The maximum atomic E-state index is 11.6. The first-order valence-corrected chi connectivity index (χ1v) is 4.51. The molecule has 0 aliphatic carbocycles. The number of aromatic amines is 1. The highest BCUT2D eigenvalue weighted by atomic mass is 16.2. The zero-order valence-electron chi connectivity index (χ0n) is 8.45. The van der Waals surface area contributed by atoms with Crippen LogP contribution < -0.4 is 5.32 Å². The minimum atomic E-state index is -0.102. The van der Waals surface area contributed by atoms with E-state index in [4.69, 9.17) is 0 Å². The van der Waals surface area contributed by atoms with E-state index in [1.165, 1.54) is 6.20 Å². The number of H-pyrrole nitrogens is 1. The van der Waals surface area contributed by atoms with Crippen LogP contribution in [0, 0.1) is 0 Å². The summed E-state index contributed by atoms with van der Waals surface area (Å²) >= 11 is 0. The van der Waals surface area contributed by atoms with Gasteiger partial charge in [0.15, 0.2) is 5.69 Å². The zero-order chi connectivity index (χ0) is 10.4. The first-order valence-electron chi connectivity index (χ1n) is 4.51. The molecule has 0 saturated heterocycles. The van der Waals surface area contributed by atoms with Crippen LogP contribution in [0.15, 0.2) is 6.20 Å². The molecule has 78 valence electrons. The summed E-state index contributed by atoms with van der Waals surface area (Å²) in [7, 11) is 3.64. The number of hydrogen-bond donors (Lipinski definition) is 2. The molecular weight excluding hydrogens is 182 g/mol. The van der Waals surface area contributed by atoms with Crippen LogP contribution in [0.25, 0.3) is 0 Å². The fraction of sp³-hybridized carbons (Fsp3) is 0.625. The average molecular weight is 197 g/mol. The van der Waals surface area contributed by atoms with E-state index >= 15 is 0 Å².